The first-order valence-corrected chi connectivity index (χ1v) is 9.15. The molecule has 4 N–H and O–H groups in total. The Hall–Kier alpha value is -2.21. The Labute approximate surface area is 161 Å². The van der Waals surface area contributed by atoms with Gasteiger partial charge in [0.25, 0.3) is 0 Å². The van der Waals surface area contributed by atoms with E-state index in [1.807, 2.05) is 24.3 Å². The van der Waals surface area contributed by atoms with Crippen LogP contribution in [-0.4, -0.2) is 29.0 Å². The minimum atomic E-state index is -0.218. The van der Waals surface area contributed by atoms with Crippen LogP contribution in [0.4, 0.5) is 10.5 Å². The molecular weight excluding hydrogens is 371 g/mol. The molecule has 0 spiro atoms. The molecular formula is C19H18Cl2N4O. The lowest BCUT2D eigenvalue weighted by atomic mass is 9.97. The van der Waals surface area contributed by atoms with Gasteiger partial charge in [-0.3, -0.25) is 0 Å². The lowest BCUT2D eigenvalue weighted by Crippen LogP contribution is -2.45. The first kappa shape index (κ1) is 17.2. The van der Waals surface area contributed by atoms with Crippen LogP contribution in [0.3, 0.4) is 0 Å². The Morgan fingerprint density at radius 2 is 2.04 bits per heavy atom. The van der Waals surface area contributed by atoms with Crippen LogP contribution < -0.4 is 11.1 Å². The minimum Gasteiger partial charge on any atom is -0.356 e. The van der Waals surface area contributed by atoms with E-state index >= 15 is 0 Å². The number of fused-ring (bicyclic) bond motifs is 3. The van der Waals surface area contributed by atoms with Crippen molar-refractivity contribution in [2.75, 3.05) is 18.4 Å². The number of hydrogen-bond donors (Lipinski definition) is 3. The average Bonchev–Trinajstić information content (AvgIpc) is 2.98. The van der Waals surface area contributed by atoms with Gasteiger partial charge in [0.2, 0.25) is 0 Å². The molecule has 3 aromatic rings. The predicted octanol–water partition coefficient (Wildman–Crippen LogP) is 4.56. The third-order valence-corrected chi connectivity index (χ3v) is 5.24. The summed E-state index contributed by atoms with van der Waals surface area (Å²) in [6.45, 7) is 0.914. The fourth-order valence-corrected chi connectivity index (χ4v) is 3.95. The van der Waals surface area contributed by atoms with E-state index in [1.165, 1.54) is 5.56 Å². The van der Waals surface area contributed by atoms with Crippen LogP contribution in [0.2, 0.25) is 10.0 Å². The molecule has 5 nitrogen and oxygen atoms in total. The van der Waals surface area contributed by atoms with Crippen LogP contribution in [-0.2, 0) is 6.42 Å². The molecule has 2 heterocycles. The van der Waals surface area contributed by atoms with Crippen molar-refractivity contribution in [1.29, 1.82) is 0 Å². The number of rotatable bonds is 2. The Balaban J connectivity index is 1.65. The maximum atomic E-state index is 12.8. The van der Waals surface area contributed by atoms with E-state index < -0.39 is 0 Å². The van der Waals surface area contributed by atoms with Crippen molar-refractivity contribution in [3.05, 3.63) is 63.8 Å². The van der Waals surface area contributed by atoms with Crippen LogP contribution in [0.15, 0.2) is 42.5 Å². The number of amides is 2. The SMILES string of the molecule is NCC1c2[nH]c3ccc(Cl)cc3c2CCN1C(=O)Nc1cccc(Cl)c1. The number of anilines is 1. The van der Waals surface area contributed by atoms with Gasteiger partial charge in [0.1, 0.15) is 0 Å². The number of carbonyl (C=O) groups is 1. The fraction of sp³-hybridized carbons (Fsp3) is 0.211. The van der Waals surface area contributed by atoms with Crippen LogP contribution in [0.25, 0.3) is 10.9 Å². The van der Waals surface area contributed by atoms with Crippen molar-refractivity contribution in [3.8, 4) is 0 Å². The number of nitrogens with two attached hydrogens (primary N) is 1. The van der Waals surface area contributed by atoms with Crippen molar-refractivity contribution in [3.63, 3.8) is 0 Å². The molecule has 0 radical (unpaired) electrons. The summed E-state index contributed by atoms with van der Waals surface area (Å²) in [4.78, 5) is 18.0. The first-order chi connectivity index (χ1) is 12.6. The molecule has 7 heteroatoms. The fourth-order valence-electron chi connectivity index (χ4n) is 3.59. The van der Waals surface area contributed by atoms with Crippen LogP contribution in [0, 0.1) is 0 Å². The Kier molecular flexibility index (Phi) is 4.53. The average molecular weight is 389 g/mol. The summed E-state index contributed by atoms with van der Waals surface area (Å²) in [5.41, 5.74) is 9.86. The van der Waals surface area contributed by atoms with E-state index in [0.717, 1.165) is 23.0 Å². The maximum Gasteiger partial charge on any atom is 0.322 e. The summed E-state index contributed by atoms with van der Waals surface area (Å²) in [6, 6.07) is 12.5. The highest BCUT2D eigenvalue weighted by Crippen LogP contribution is 2.35. The van der Waals surface area contributed by atoms with Gasteiger partial charge in [-0.15, -0.1) is 0 Å². The van der Waals surface area contributed by atoms with Crippen molar-refractivity contribution < 1.29 is 4.79 Å². The molecule has 2 amide bonds. The smallest absolute Gasteiger partial charge is 0.322 e. The number of benzene rings is 2. The lowest BCUT2D eigenvalue weighted by molar-refractivity contribution is 0.183. The molecule has 2 aromatic carbocycles. The number of aromatic nitrogens is 1. The van der Waals surface area contributed by atoms with Gasteiger partial charge in [-0.2, -0.15) is 0 Å². The molecule has 1 atom stereocenters. The summed E-state index contributed by atoms with van der Waals surface area (Å²) in [6.07, 6.45) is 0.745. The largest absolute Gasteiger partial charge is 0.356 e. The highest BCUT2D eigenvalue weighted by Gasteiger charge is 2.32. The molecule has 0 saturated heterocycles. The van der Waals surface area contributed by atoms with Gasteiger partial charge in [-0.1, -0.05) is 29.3 Å². The first-order valence-electron chi connectivity index (χ1n) is 8.40. The van der Waals surface area contributed by atoms with E-state index in [4.69, 9.17) is 28.9 Å². The van der Waals surface area contributed by atoms with E-state index in [2.05, 4.69) is 10.3 Å². The monoisotopic (exact) mass is 388 g/mol. The minimum absolute atomic E-state index is 0.190. The highest BCUT2D eigenvalue weighted by atomic mass is 35.5. The molecule has 1 unspecified atom stereocenters. The predicted molar refractivity (Wildman–Crippen MR) is 106 cm³/mol. The summed E-state index contributed by atoms with van der Waals surface area (Å²) in [5, 5.41) is 5.27. The summed E-state index contributed by atoms with van der Waals surface area (Å²) < 4.78 is 0. The Morgan fingerprint density at radius 3 is 2.81 bits per heavy atom. The third kappa shape index (κ3) is 3.03. The highest BCUT2D eigenvalue weighted by molar-refractivity contribution is 6.31. The number of H-pyrrole nitrogens is 1. The van der Waals surface area contributed by atoms with Crippen molar-refractivity contribution in [2.24, 2.45) is 5.73 Å². The molecule has 134 valence electrons. The lowest BCUT2D eigenvalue weighted by Gasteiger charge is -2.35. The van der Waals surface area contributed by atoms with E-state index in [-0.39, 0.29) is 12.1 Å². The molecule has 26 heavy (non-hydrogen) atoms. The second-order valence-electron chi connectivity index (χ2n) is 6.34. The zero-order chi connectivity index (χ0) is 18.3. The van der Waals surface area contributed by atoms with Gasteiger partial charge >= 0.3 is 6.03 Å². The van der Waals surface area contributed by atoms with Gasteiger partial charge in [0, 0.05) is 45.4 Å². The van der Waals surface area contributed by atoms with Crippen LogP contribution >= 0.6 is 23.2 Å². The number of nitrogens with one attached hydrogen (secondary N) is 2. The van der Waals surface area contributed by atoms with Crippen LogP contribution in [0.5, 0.6) is 0 Å². The molecule has 0 fully saturated rings. The second-order valence-corrected chi connectivity index (χ2v) is 7.22. The third-order valence-electron chi connectivity index (χ3n) is 4.77. The maximum absolute atomic E-state index is 12.8. The van der Waals surface area contributed by atoms with Crippen molar-refractivity contribution in [2.45, 2.75) is 12.5 Å². The normalized spacial score (nSPS) is 16.6. The molecule has 1 aliphatic heterocycles. The van der Waals surface area contributed by atoms with E-state index in [0.29, 0.717) is 28.8 Å². The second kappa shape index (κ2) is 6.83. The topological polar surface area (TPSA) is 74.2 Å². The quantitative estimate of drug-likeness (QED) is 0.601. The number of nitrogens with zero attached hydrogens (tertiary/aromatic N) is 1. The van der Waals surface area contributed by atoms with E-state index in [1.54, 1.807) is 23.1 Å². The van der Waals surface area contributed by atoms with E-state index in [9.17, 15) is 4.79 Å². The Bertz CT molecular complexity index is 985. The Morgan fingerprint density at radius 1 is 1.23 bits per heavy atom. The summed E-state index contributed by atoms with van der Waals surface area (Å²) in [7, 11) is 0. The molecule has 0 aliphatic carbocycles. The summed E-state index contributed by atoms with van der Waals surface area (Å²) in [5.74, 6) is 0. The van der Waals surface area contributed by atoms with Gasteiger partial charge in [-0.25, -0.2) is 4.79 Å². The van der Waals surface area contributed by atoms with Crippen LogP contribution in [0.1, 0.15) is 17.3 Å². The van der Waals surface area contributed by atoms with Gasteiger partial charge in [0.15, 0.2) is 0 Å². The molecule has 1 aliphatic rings. The molecule has 1 aromatic heterocycles. The van der Waals surface area contributed by atoms with Gasteiger partial charge < -0.3 is 20.9 Å². The van der Waals surface area contributed by atoms with Gasteiger partial charge in [0.05, 0.1) is 6.04 Å². The molecule has 0 saturated carbocycles. The zero-order valence-corrected chi connectivity index (χ0v) is 15.4. The van der Waals surface area contributed by atoms with Crippen molar-refractivity contribution >= 4 is 45.8 Å². The number of halogens is 2. The zero-order valence-electron chi connectivity index (χ0n) is 13.9. The molecule has 0 bridgehead atoms. The van der Waals surface area contributed by atoms with Gasteiger partial charge in [-0.05, 0) is 48.4 Å². The number of aromatic amines is 1. The number of urea groups is 1. The van der Waals surface area contributed by atoms with Crippen molar-refractivity contribution in [1.82, 2.24) is 9.88 Å². The standard InChI is InChI=1S/C19H18Cl2N4O/c20-11-2-1-3-13(8-11)23-19(26)25-7-6-14-15-9-12(21)4-5-16(15)24-18(14)17(25)10-22/h1-5,8-9,17,24H,6-7,10,22H2,(H,23,26). The summed E-state index contributed by atoms with van der Waals surface area (Å²) >= 11 is 12.1. The number of carbonyl (C=O) groups excluding carboxylic acids is 1. The molecule has 4 rings (SSSR count). The number of hydrogen-bond acceptors (Lipinski definition) is 2.